The van der Waals surface area contributed by atoms with Crippen molar-refractivity contribution in [2.45, 2.75) is 181 Å². The van der Waals surface area contributed by atoms with Crippen LogP contribution >= 0.6 is 0 Å². The third-order valence-electron chi connectivity index (χ3n) is 13.4. The molecule has 0 bridgehead atoms. The molecule has 6 rings (SSSR count). The van der Waals surface area contributed by atoms with Gasteiger partial charge in [-0.25, -0.2) is 19.9 Å². The second-order valence-electron chi connectivity index (χ2n) is 17.8. The van der Waals surface area contributed by atoms with Crippen molar-refractivity contribution in [2.75, 3.05) is 0 Å². The second-order valence-corrected chi connectivity index (χ2v) is 17.8. The van der Waals surface area contributed by atoms with Gasteiger partial charge in [0.15, 0.2) is 11.6 Å². The Balaban J connectivity index is 1.23. The standard InChI is InChI=1S/C52H74N4O/c1-5-9-11-13-17-41-35-53-51(54-36-41)47-31-27-45(28-32-47)49(43-23-19-39(15-7-3)20-24-43)57-50(44-25-21-40(16-8-4)22-26-44)46-29-33-48(34-30-46)52-55-37-42(38-56-52)18-14-12-10-6-2/h27-40,43-44,49-50H,5-26H2,1-4H3/t39-,40-,43-,44-,49?,50?. The quantitative estimate of drug-likeness (QED) is 0.0745. The number of rotatable bonds is 22. The second kappa shape index (κ2) is 23.2. The van der Waals surface area contributed by atoms with E-state index >= 15 is 0 Å². The number of ether oxygens (including phenoxy) is 1. The SMILES string of the molecule is CCCCCCc1cnc(-c2ccc(C(OC(c3ccc(-c4ncc(CCCCCC)cn4)cc3)[C@H]3CC[C@H](CCC)CC3)[C@H]3CC[C@H](CCC)CC3)cc2)nc1. The molecule has 2 aliphatic carbocycles. The van der Waals surface area contributed by atoms with E-state index in [0.29, 0.717) is 11.8 Å². The number of aryl methyl sites for hydroxylation is 2. The van der Waals surface area contributed by atoms with Crippen LogP contribution in [0.1, 0.15) is 191 Å². The lowest BCUT2D eigenvalue weighted by molar-refractivity contribution is -0.0907. The molecular formula is C52H74N4O. The van der Waals surface area contributed by atoms with Crippen LogP contribution in [0.25, 0.3) is 22.8 Å². The molecule has 2 unspecified atom stereocenters. The van der Waals surface area contributed by atoms with E-state index in [1.54, 1.807) is 0 Å². The third-order valence-corrected chi connectivity index (χ3v) is 13.4. The predicted molar refractivity (Wildman–Crippen MR) is 238 cm³/mol. The normalized spacial score (nSPS) is 21.0. The van der Waals surface area contributed by atoms with Crippen molar-refractivity contribution >= 4 is 0 Å². The third kappa shape index (κ3) is 12.8. The van der Waals surface area contributed by atoms with E-state index < -0.39 is 0 Å². The summed E-state index contributed by atoms with van der Waals surface area (Å²) in [4.78, 5) is 19.2. The molecular weight excluding hydrogens is 697 g/mol. The number of hydrogen-bond donors (Lipinski definition) is 0. The van der Waals surface area contributed by atoms with E-state index in [1.165, 1.54) is 151 Å². The minimum atomic E-state index is 0.0549. The highest BCUT2D eigenvalue weighted by atomic mass is 16.5. The number of nitrogens with zero attached hydrogens (tertiary/aromatic N) is 4. The number of benzene rings is 2. The van der Waals surface area contributed by atoms with Crippen molar-refractivity contribution in [3.63, 3.8) is 0 Å². The van der Waals surface area contributed by atoms with Gasteiger partial charge in [-0.15, -0.1) is 0 Å². The Labute approximate surface area is 346 Å². The average molecular weight is 771 g/mol. The number of unbranched alkanes of at least 4 members (excludes halogenated alkanes) is 6. The molecule has 57 heavy (non-hydrogen) atoms. The van der Waals surface area contributed by atoms with Gasteiger partial charge in [0.1, 0.15) is 0 Å². The topological polar surface area (TPSA) is 60.8 Å². The molecule has 2 aliphatic rings. The summed E-state index contributed by atoms with van der Waals surface area (Å²) in [5.41, 5.74) is 7.23. The maximum Gasteiger partial charge on any atom is 0.159 e. The minimum Gasteiger partial charge on any atom is -0.365 e. The lowest BCUT2D eigenvalue weighted by Crippen LogP contribution is -2.28. The molecule has 0 aliphatic heterocycles. The molecule has 0 saturated heterocycles. The van der Waals surface area contributed by atoms with Gasteiger partial charge >= 0.3 is 0 Å². The molecule has 5 nitrogen and oxygen atoms in total. The van der Waals surface area contributed by atoms with Crippen LogP contribution in [-0.4, -0.2) is 19.9 Å². The van der Waals surface area contributed by atoms with Crippen molar-refractivity contribution in [1.82, 2.24) is 19.9 Å². The molecule has 0 spiro atoms. The zero-order valence-electron chi connectivity index (χ0n) is 36.1. The summed E-state index contributed by atoms with van der Waals surface area (Å²) >= 11 is 0. The van der Waals surface area contributed by atoms with Gasteiger partial charge in [-0.2, -0.15) is 0 Å². The fourth-order valence-electron chi connectivity index (χ4n) is 9.88. The van der Waals surface area contributed by atoms with Gasteiger partial charge in [0.25, 0.3) is 0 Å². The molecule has 2 atom stereocenters. The highest BCUT2D eigenvalue weighted by Crippen LogP contribution is 2.47. The molecule has 308 valence electrons. The highest BCUT2D eigenvalue weighted by Gasteiger charge is 2.36. The Morgan fingerprint density at radius 2 is 0.825 bits per heavy atom. The number of aromatic nitrogens is 4. The van der Waals surface area contributed by atoms with Gasteiger partial charge in [-0.1, -0.05) is 166 Å². The van der Waals surface area contributed by atoms with Crippen LogP contribution < -0.4 is 0 Å². The zero-order valence-corrected chi connectivity index (χ0v) is 36.1. The van der Waals surface area contributed by atoms with Gasteiger partial charge in [0, 0.05) is 35.9 Å². The summed E-state index contributed by atoms with van der Waals surface area (Å²) in [5.74, 6) is 4.36. The van der Waals surface area contributed by atoms with E-state index in [-0.39, 0.29) is 12.2 Å². The average Bonchev–Trinajstić information content (AvgIpc) is 3.26. The zero-order chi connectivity index (χ0) is 39.7. The lowest BCUT2D eigenvalue weighted by Gasteiger charge is -2.40. The maximum absolute atomic E-state index is 7.66. The fourth-order valence-corrected chi connectivity index (χ4v) is 9.88. The van der Waals surface area contributed by atoms with Crippen LogP contribution in [0.4, 0.5) is 0 Å². The summed E-state index contributed by atoms with van der Waals surface area (Å²) in [7, 11) is 0. The lowest BCUT2D eigenvalue weighted by atomic mass is 9.75. The van der Waals surface area contributed by atoms with Crippen LogP contribution in [-0.2, 0) is 17.6 Å². The van der Waals surface area contributed by atoms with Crippen LogP contribution in [0.15, 0.2) is 73.3 Å². The molecule has 0 N–H and O–H groups in total. The first-order chi connectivity index (χ1) is 28.1. The van der Waals surface area contributed by atoms with Crippen LogP contribution in [0.5, 0.6) is 0 Å². The Kier molecular flexibility index (Phi) is 17.6. The molecule has 5 heteroatoms. The summed E-state index contributed by atoms with van der Waals surface area (Å²) < 4.78 is 7.66. The largest absolute Gasteiger partial charge is 0.365 e. The molecule has 2 fully saturated rings. The smallest absolute Gasteiger partial charge is 0.159 e. The first-order valence-corrected chi connectivity index (χ1v) is 23.6. The first kappa shape index (κ1) is 43.1. The molecule has 0 radical (unpaired) electrons. The fraction of sp³-hybridized carbons (Fsp3) is 0.615. The van der Waals surface area contributed by atoms with Crippen molar-refractivity contribution in [3.05, 3.63) is 95.6 Å². The Morgan fingerprint density at radius 3 is 1.16 bits per heavy atom. The van der Waals surface area contributed by atoms with Crippen molar-refractivity contribution in [2.24, 2.45) is 23.7 Å². The molecule has 4 aromatic rings. The van der Waals surface area contributed by atoms with Crippen molar-refractivity contribution in [3.8, 4) is 22.8 Å². The summed E-state index contributed by atoms with van der Waals surface area (Å²) in [5, 5.41) is 0. The van der Waals surface area contributed by atoms with Crippen molar-refractivity contribution in [1.29, 1.82) is 0 Å². The van der Waals surface area contributed by atoms with Gasteiger partial charge in [-0.3, -0.25) is 0 Å². The Bertz CT molecular complexity index is 1540. The van der Waals surface area contributed by atoms with E-state index in [4.69, 9.17) is 24.7 Å². The van der Waals surface area contributed by atoms with E-state index in [0.717, 1.165) is 47.5 Å². The highest BCUT2D eigenvalue weighted by molar-refractivity contribution is 5.56. The molecule has 2 aromatic carbocycles. The van der Waals surface area contributed by atoms with Gasteiger partial charge in [-0.05, 0) is 97.3 Å². The number of hydrogen-bond acceptors (Lipinski definition) is 5. The van der Waals surface area contributed by atoms with E-state index in [1.807, 2.05) is 24.8 Å². The van der Waals surface area contributed by atoms with Crippen LogP contribution in [0.3, 0.4) is 0 Å². The Morgan fingerprint density at radius 1 is 0.456 bits per heavy atom. The Hall–Kier alpha value is -3.44. The molecule has 0 amide bonds. The van der Waals surface area contributed by atoms with Gasteiger partial charge in [0.2, 0.25) is 0 Å². The predicted octanol–water partition coefficient (Wildman–Crippen LogP) is 14.9. The molecule has 2 heterocycles. The molecule has 2 saturated carbocycles. The van der Waals surface area contributed by atoms with Gasteiger partial charge < -0.3 is 4.74 Å². The van der Waals surface area contributed by atoms with E-state index in [9.17, 15) is 0 Å². The molecule has 2 aromatic heterocycles. The summed E-state index contributed by atoms with van der Waals surface area (Å²) in [6, 6.07) is 18.2. The summed E-state index contributed by atoms with van der Waals surface area (Å²) in [6.45, 7) is 9.20. The minimum absolute atomic E-state index is 0.0549. The maximum atomic E-state index is 7.66. The van der Waals surface area contributed by atoms with E-state index in [2.05, 4.69) is 76.2 Å². The van der Waals surface area contributed by atoms with Crippen molar-refractivity contribution < 1.29 is 4.74 Å². The van der Waals surface area contributed by atoms with Gasteiger partial charge in [0.05, 0.1) is 12.2 Å². The monoisotopic (exact) mass is 771 g/mol. The first-order valence-electron chi connectivity index (χ1n) is 23.6. The summed E-state index contributed by atoms with van der Waals surface area (Å²) in [6.07, 6.45) is 35.9. The van der Waals surface area contributed by atoms with Crippen LogP contribution in [0, 0.1) is 23.7 Å². The van der Waals surface area contributed by atoms with Crippen LogP contribution in [0.2, 0.25) is 0 Å².